The predicted molar refractivity (Wildman–Crippen MR) is 74.6 cm³/mol. The van der Waals surface area contributed by atoms with Gasteiger partial charge in [0.1, 0.15) is 0 Å². The van der Waals surface area contributed by atoms with Crippen molar-refractivity contribution in [2.24, 2.45) is 0 Å². The first-order valence-corrected chi connectivity index (χ1v) is 7.19. The van der Waals surface area contributed by atoms with E-state index in [9.17, 15) is 0 Å². The number of fused-ring (bicyclic) bond motifs is 1. The summed E-state index contributed by atoms with van der Waals surface area (Å²) in [5, 5.41) is 1.38. The zero-order valence-corrected chi connectivity index (χ0v) is 11.0. The summed E-state index contributed by atoms with van der Waals surface area (Å²) in [5.41, 5.74) is 7.95. The SMILES string of the molecule is Nc1nc2cc(Cl)ccc2n1CC1CCCS1. The summed E-state index contributed by atoms with van der Waals surface area (Å²) in [7, 11) is 0. The number of halogens is 1. The second kappa shape index (κ2) is 4.42. The van der Waals surface area contributed by atoms with Gasteiger partial charge in [-0.15, -0.1) is 0 Å². The monoisotopic (exact) mass is 267 g/mol. The highest BCUT2D eigenvalue weighted by atomic mass is 35.5. The van der Waals surface area contributed by atoms with Gasteiger partial charge in [0, 0.05) is 16.8 Å². The normalized spacial score (nSPS) is 20.2. The van der Waals surface area contributed by atoms with Crippen LogP contribution in [0.4, 0.5) is 5.95 Å². The maximum absolute atomic E-state index is 5.98. The van der Waals surface area contributed by atoms with Gasteiger partial charge in [0.25, 0.3) is 0 Å². The fraction of sp³-hybridized carbons (Fsp3) is 0.417. The highest BCUT2D eigenvalue weighted by molar-refractivity contribution is 8.00. The van der Waals surface area contributed by atoms with E-state index < -0.39 is 0 Å². The zero-order chi connectivity index (χ0) is 11.8. The fourth-order valence-corrected chi connectivity index (χ4v) is 3.73. The molecule has 2 heterocycles. The molecule has 0 spiro atoms. The first-order chi connectivity index (χ1) is 8.24. The molecule has 1 unspecified atom stereocenters. The molecule has 1 aromatic carbocycles. The van der Waals surface area contributed by atoms with Gasteiger partial charge in [-0.2, -0.15) is 11.8 Å². The number of benzene rings is 1. The molecule has 3 nitrogen and oxygen atoms in total. The number of anilines is 1. The number of aromatic nitrogens is 2. The summed E-state index contributed by atoms with van der Waals surface area (Å²) in [6, 6.07) is 5.76. The van der Waals surface area contributed by atoms with E-state index in [1.54, 1.807) is 0 Å². The average molecular weight is 268 g/mol. The number of nitrogens with zero attached hydrogens (tertiary/aromatic N) is 2. The summed E-state index contributed by atoms with van der Waals surface area (Å²) in [6.45, 7) is 0.953. The molecule has 0 bridgehead atoms. The van der Waals surface area contributed by atoms with E-state index >= 15 is 0 Å². The van der Waals surface area contributed by atoms with Gasteiger partial charge >= 0.3 is 0 Å². The van der Waals surface area contributed by atoms with Crippen LogP contribution in [0.15, 0.2) is 18.2 Å². The number of thioether (sulfide) groups is 1. The van der Waals surface area contributed by atoms with Crippen LogP contribution in [0.5, 0.6) is 0 Å². The van der Waals surface area contributed by atoms with E-state index in [1.165, 1.54) is 18.6 Å². The molecule has 5 heteroatoms. The van der Waals surface area contributed by atoms with Gasteiger partial charge in [0.2, 0.25) is 5.95 Å². The average Bonchev–Trinajstić information content (AvgIpc) is 2.88. The largest absolute Gasteiger partial charge is 0.369 e. The van der Waals surface area contributed by atoms with Gasteiger partial charge in [-0.1, -0.05) is 11.6 Å². The molecular weight excluding hydrogens is 254 g/mol. The minimum Gasteiger partial charge on any atom is -0.369 e. The Morgan fingerprint density at radius 1 is 1.53 bits per heavy atom. The van der Waals surface area contributed by atoms with Crippen LogP contribution in [0.1, 0.15) is 12.8 Å². The number of imidazole rings is 1. The highest BCUT2D eigenvalue weighted by Gasteiger charge is 2.18. The van der Waals surface area contributed by atoms with Crippen LogP contribution >= 0.6 is 23.4 Å². The molecule has 2 aromatic rings. The summed E-state index contributed by atoms with van der Waals surface area (Å²) >= 11 is 7.99. The number of hydrogen-bond donors (Lipinski definition) is 1. The third-order valence-corrected chi connectivity index (χ3v) is 4.77. The molecule has 1 aliphatic heterocycles. The molecule has 2 N–H and O–H groups in total. The van der Waals surface area contributed by atoms with Crippen molar-refractivity contribution >= 4 is 40.3 Å². The van der Waals surface area contributed by atoms with Crippen LogP contribution in [-0.4, -0.2) is 20.6 Å². The van der Waals surface area contributed by atoms with Crippen LogP contribution in [0, 0.1) is 0 Å². The van der Waals surface area contributed by atoms with Gasteiger partial charge in [-0.3, -0.25) is 0 Å². The van der Waals surface area contributed by atoms with Crippen molar-refractivity contribution in [2.75, 3.05) is 11.5 Å². The third-order valence-electron chi connectivity index (χ3n) is 3.15. The Balaban J connectivity index is 1.99. The van der Waals surface area contributed by atoms with E-state index in [0.717, 1.165) is 17.6 Å². The van der Waals surface area contributed by atoms with Crippen molar-refractivity contribution in [3.63, 3.8) is 0 Å². The summed E-state index contributed by atoms with van der Waals surface area (Å²) in [5.74, 6) is 1.86. The van der Waals surface area contributed by atoms with Gasteiger partial charge in [0.15, 0.2) is 0 Å². The molecule has 0 amide bonds. The molecule has 1 saturated heterocycles. The minimum atomic E-state index is 0.592. The topological polar surface area (TPSA) is 43.8 Å². The maximum Gasteiger partial charge on any atom is 0.201 e. The van der Waals surface area contributed by atoms with Crippen molar-refractivity contribution < 1.29 is 0 Å². The van der Waals surface area contributed by atoms with Crippen molar-refractivity contribution in [3.8, 4) is 0 Å². The fourth-order valence-electron chi connectivity index (χ4n) is 2.31. The molecule has 0 radical (unpaired) electrons. The molecule has 1 aliphatic rings. The molecule has 1 fully saturated rings. The van der Waals surface area contributed by atoms with Crippen LogP contribution in [0.2, 0.25) is 5.02 Å². The van der Waals surface area contributed by atoms with Crippen LogP contribution in [0.25, 0.3) is 11.0 Å². The van der Waals surface area contributed by atoms with Crippen LogP contribution in [-0.2, 0) is 6.54 Å². The molecule has 0 saturated carbocycles. The lowest BCUT2D eigenvalue weighted by Crippen LogP contribution is -2.12. The second-order valence-corrected chi connectivity index (χ2v) is 6.19. The lowest BCUT2D eigenvalue weighted by Gasteiger charge is -2.11. The van der Waals surface area contributed by atoms with E-state index in [0.29, 0.717) is 16.2 Å². The molecule has 0 aliphatic carbocycles. The highest BCUT2D eigenvalue weighted by Crippen LogP contribution is 2.30. The summed E-state index contributed by atoms with van der Waals surface area (Å²) in [6.07, 6.45) is 2.59. The van der Waals surface area contributed by atoms with Crippen molar-refractivity contribution in [2.45, 2.75) is 24.6 Å². The smallest absolute Gasteiger partial charge is 0.201 e. The van der Waals surface area contributed by atoms with Crippen molar-refractivity contribution in [3.05, 3.63) is 23.2 Å². The van der Waals surface area contributed by atoms with Gasteiger partial charge in [0.05, 0.1) is 11.0 Å². The molecule has 90 valence electrons. The Labute approximate surface area is 109 Å². The Kier molecular flexibility index (Phi) is 2.92. The number of hydrogen-bond acceptors (Lipinski definition) is 3. The Morgan fingerprint density at radius 3 is 3.18 bits per heavy atom. The standard InChI is InChI=1S/C12H14ClN3S/c13-8-3-4-11-10(6-8)15-12(14)16(11)7-9-2-1-5-17-9/h3-4,6,9H,1-2,5,7H2,(H2,14,15). The van der Waals surface area contributed by atoms with Gasteiger partial charge in [-0.25, -0.2) is 4.98 Å². The molecular formula is C12H14ClN3S. The van der Waals surface area contributed by atoms with Gasteiger partial charge < -0.3 is 10.3 Å². The molecule has 1 atom stereocenters. The zero-order valence-electron chi connectivity index (χ0n) is 9.40. The number of nitrogens with two attached hydrogens (primary N) is 1. The lowest BCUT2D eigenvalue weighted by molar-refractivity contribution is 0.658. The van der Waals surface area contributed by atoms with Gasteiger partial charge in [-0.05, 0) is 36.8 Å². The molecule has 1 aromatic heterocycles. The second-order valence-electron chi connectivity index (χ2n) is 4.35. The molecule has 3 rings (SSSR count). The number of nitrogen functional groups attached to an aromatic ring is 1. The third kappa shape index (κ3) is 2.11. The van der Waals surface area contributed by atoms with E-state index in [4.69, 9.17) is 17.3 Å². The predicted octanol–water partition coefficient (Wildman–Crippen LogP) is 3.17. The van der Waals surface area contributed by atoms with E-state index in [-0.39, 0.29) is 0 Å². The Hall–Kier alpha value is -0.870. The maximum atomic E-state index is 5.98. The quantitative estimate of drug-likeness (QED) is 0.909. The molecule has 17 heavy (non-hydrogen) atoms. The first kappa shape index (κ1) is 11.2. The minimum absolute atomic E-state index is 0.592. The van der Waals surface area contributed by atoms with Crippen molar-refractivity contribution in [1.29, 1.82) is 0 Å². The van der Waals surface area contributed by atoms with E-state index in [1.807, 2.05) is 30.0 Å². The van der Waals surface area contributed by atoms with Crippen molar-refractivity contribution in [1.82, 2.24) is 9.55 Å². The lowest BCUT2D eigenvalue weighted by atomic mass is 10.2. The first-order valence-electron chi connectivity index (χ1n) is 5.77. The Morgan fingerprint density at radius 2 is 2.41 bits per heavy atom. The summed E-state index contributed by atoms with van der Waals surface area (Å²) < 4.78 is 2.11. The summed E-state index contributed by atoms with van der Waals surface area (Å²) in [4.78, 5) is 4.36. The number of rotatable bonds is 2. The van der Waals surface area contributed by atoms with Crippen LogP contribution in [0.3, 0.4) is 0 Å². The Bertz CT molecular complexity index is 546. The van der Waals surface area contributed by atoms with Crippen LogP contribution < -0.4 is 5.73 Å². The van der Waals surface area contributed by atoms with E-state index in [2.05, 4.69) is 9.55 Å².